The van der Waals surface area contributed by atoms with E-state index in [0.29, 0.717) is 27.3 Å². The van der Waals surface area contributed by atoms with Crippen molar-refractivity contribution in [3.05, 3.63) is 57.7 Å². The van der Waals surface area contributed by atoms with Gasteiger partial charge in [0, 0.05) is 12.1 Å². The summed E-state index contributed by atoms with van der Waals surface area (Å²) in [6.45, 7) is 4.46. The number of carboxylic acids is 1. The molecule has 1 atom stereocenters. The number of benzene rings is 1. The maximum Gasteiger partial charge on any atom is 0.355 e. The Morgan fingerprint density at radius 3 is 2.73 bits per heavy atom. The number of rotatable bonds is 5. The van der Waals surface area contributed by atoms with Gasteiger partial charge < -0.3 is 15.3 Å². The summed E-state index contributed by atoms with van der Waals surface area (Å²) in [5.74, 6) is -0.353. The van der Waals surface area contributed by atoms with Crippen LogP contribution in [0.5, 0.6) is 0 Å². The highest BCUT2D eigenvalue weighted by atomic mass is 32.1. The van der Waals surface area contributed by atoms with Gasteiger partial charge in [-0.15, -0.1) is 0 Å². The van der Waals surface area contributed by atoms with E-state index in [2.05, 4.69) is 49.4 Å². The minimum absolute atomic E-state index is 0.0471. The maximum atomic E-state index is 11.8. The van der Waals surface area contributed by atoms with Crippen LogP contribution in [0.4, 0.5) is 16.9 Å². The molecule has 0 saturated carbocycles. The summed E-state index contributed by atoms with van der Waals surface area (Å²) in [6, 6.07) is 10.5. The molecule has 0 bridgehead atoms. The predicted molar refractivity (Wildman–Crippen MR) is 114 cm³/mol. The summed E-state index contributed by atoms with van der Waals surface area (Å²) in [6.07, 6.45) is 3.39. The Hall–Kier alpha value is -3.51. The molecule has 8 nitrogen and oxygen atoms in total. The molecule has 0 aliphatic carbocycles. The molecule has 2 N–H and O–H groups in total. The minimum atomic E-state index is -1.11. The molecule has 1 fully saturated rings. The third kappa shape index (κ3) is 3.82. The van der Waals surface area contributed by atoms with Gasteiger partial charge in [0.25, 0.3) is 0 Å². The van der Waals surface area contributed by atoms with E-state index in [9.17, 15) is 9.90 Å². The normalized spacial score (nSPS) is 15.8. The highest BCUT2D eigenvalue weighted by Crippen LogP contribution is 2.36. The molecular weight excluding hydrogens is 400 g/mol. The van der Waals surface area contributed by atoms with E-state index in [1.54, 1.807) is 6.92 Å². The van der Waals surface area contributed by atoms with Gasteiger partial charge in [0.05, 0.1) is 12.2 Å². The Morgan fingerprint density at radius 2 is 2.07 bits per heavy atom. The summed E-state index contributed by atoms with van der Waals surface area (Å²) < 4.78 is 0. The Balaban J connectivity index is 1.73. The lowest BCUT2D eigenvalue weighted by Gasteiger charge is -2.26. The van der Waals surface area contributed by atoms with Crippen molar-refractivity contribution in [1.29, 1.82) is 5.26 Å². The van der Waals surface area contributed by atoms with Crippen molar-refractivity contribution in [2.24, 2.45) is 0 Å². The fraction of sp³-hybridized carbons (Fsp3) is 0.286. The molecule has 0 spiro atoms. The number of nitrogens with zero attached hydrogens (tertiary/aromatic N) is 5. The molecule has 1 aliphatic rings. The number of anilines is 3. The molecule has 1 aromatic carbocycles. The van der Waals surface area contributed by atoms with Crippen molar-refractivity contribution in [2.75, 3.05) is 16.8 Å². The van der Waals surface area contributed by atoms with Crippen LogP contribution in [0.3, 0.4) is 0 Å². The predicted octanol–water partition coefficient (Wildman–Crippen LogP) is 4.20. The zero-order chi connectivity index (χ0) is 21.3. The fourth-order valence-electron chi connectivity index (χ4n) is 3.59. The first-order valence-electron chi connectivity index (χ1n) is 9.54. The molecule has 9 heteroatoms. The van der Waals surface area contributed by atoms with E-state index in [0.717, 1.165) is 24.9 Å². The number of carbonyl (C=O) groups is 1. The first kappa shape index (κ1) is 19.8. The van der Waals surface area contributed by atoms with Gasteiger partial charge in [0.2, 0.25) is 5.95 Å². The van der Waals surface area contributed by atoms with E-state index in [4.69, 9.17) is 5.26 Å². The van der Waals surface area contributed by atoms with Crippen LogP contribution < -0.4 is 10.2 Å². The quantitative estimate of drug-likeness (QED) is 0.631. The van der Waals surface area contributed by atoms with Crippen molar-refractivity contribution >= 4 is 34.2 Å². The highest BCUT2D eigenvalue weighted by molar-refractivity contribution is 7.16. The zero-order valence-corrected chi connectivity index (χ0v) is 17.4. The largest absolute Gasteiger partial charge is 0.476 e. The second kappa shape index (κ2) is 8.08. The third-order valence-electron chi connectivity index (χ3n) is 5.15. The maximum absolute atomic E-state index is 11.8. The number of hydrogen-bond donors (Lipinski definition) is 2. The second-order valence-electron chi connectivity index (χ2n) is 7.18. The monoisotopic (exact) mass is 420 g/mol. The van der Waals surface area contributed by atoms with Crippen molar-refractivity contribution in [3.8, 4) is 6.07 Å². The minimum Gasteiger partial charge on any atom is -0.476 e. The van der Waals surface area contributed by atoms with Gasteiger partial charge >= 0.3 is 5.97 Å². The Labute approximate surface area is 177 Å². The average Bonchev–Trinajstić information content (AvgIpc) is 3.39. The van der Waals surface area contributed by atoms with E-state index in [1.807, 2.05) is 13.0 Å². The van der Waals surface area contributed by atoms with Crippen LogP contribution in [-0.4, -0.2) is 32.6 Å². The average molecular weight is 420 g/mol. The zero-order valence-electron chi connectivity index (χ0n) is 16.6. The molecule has 3 aromatic rings. The van der Waals surface area contributed by atoms with Gasteiger partial charge in [0.15, 0.2) is 10.8 Å². The lowest BCUT2D eigenvalue weighted by Crippen LogP contribution is -2.26. The smallest absolute Gasteiger partial charge is 0.355 e. The molecule has 2 aromatic heterocycles. The van der Waals surface area contributed by atoms with Gasteiger partial charge in [0.1, 0.15) is 16.8 Å². The summed E-state index contributed by atoms with van der Waals surface area (Å²) in [5, 5.41) is 22.2. The summed E-state index contributed by atoms with van der Waals surface area (Å²) in [4.78, 5) is 27.5. The molecular formula is C21H20N6O2S. The fourth-order valence-corrected chi connectivity index (χ4v) is 4.20. The van der Waals surface area contributed by atoms with E-state index >= 15 is 0 Å². The standard InChI is InChI=1S/C21H20N6O2S/c1-12-5-7-14(8-6-12)16-4-3-9-27(16)20-24-17(19(28)29)13(2)18(25-20)26-21-23-11-15(10-22)30-21/h5-8,11,16H,3-4,9H2,1-2H3,(H,28,29)(H,23,24,25,26)/t16-/m0/s1. The van der Waals surface area contributed by atoms with Gasteiger partial charge in [-0.3, -0.25) is 0 Å². The van der Waals surface area contributed by atoms with Gasteiger partial charge in [-0.1, -0.05) is 41.2 Å². The van der Waals surface area contributed by atoms with Gasteiger partial charge in [-0.25, -0.2) is 14.8 Å². The van der Waals surface area contributed by atoms with Crippen LogP contribution in [0.15, 0.2) is 30.5 Å². The molecule has 0 radical (unpaired) electrons. The lowest BCUT2D eigenvalue weighted by atomic mass is 10.0. The summed E-state index contributed by atoms with van der Waals surface area (Å²) >= 11 is 1.18. The van der Waals surface area contributed by atoms with Crippen molar-refractivity contribution in [1.82, 2.24) is 15.0 Å². The van der Waals surface area contributed by atoms with Crippen LogP contribution in [0.25, 0.3) is 0 Å². The molecule has 1 saturated heterocycles. The number of hydrogen-bond acceptors (Lipinski definition) is 8. The number of aromatic carboxylic acids is 1. The van der Waals surface area contributed by atoms with Crippen molar-refractivity contribution in [2.45, 2.75) is 32.7 Å². The van der Waals surface area contributed by atoms with E-state index < -0.39 is 5.97 Å². The van der Waals surface area contributed by atoms with E-state index in [1.165, 1.54) is 23.1 Å². The number of aromatic nitrogens is 3. The van der Waals surface area contributed by atoms with Crippen LogP contribution in [0, 0.1) is 25.2 Å². The lowest BCUT2D eigenvalue weighted by molar-refractivity contribution is 0.0689. The topological polar surface area (TPSA) is 115 Å². The molecule has 1 aliphatic heterocycles. The van der Waals surface area contributed by atoms with Crippen LogP contribution >= 0.6 is 11.3 Å². The summed E-state index contributed by atoms with van der Waals surface area (Å²) in [7, 11) is 0. The van der Waals surface area contributed by atoms with Crippen LogP contribution in [-0.2, 0) is 0 Å². The molecule has 4 rings (SSSR count). The van der Waals surface area contributed by atoms with Crippen molar-refractivity contribution < 1.29 is 9.90 Å². The Kier molecular flexibility index (Phi) is 5.33. The van der Waals surface area contributed by atoms with Gasteiger partial charge in [-0.05, 0) is 32.3 Å². The first-order valence-corrected chi connectivity index (χ1v) is 10.4. The molecule has 3 heterocycles. The third-order valence-corrected chi connectivity index (χ3v) is 5.97. The number of thiazole rings is 1. The Bertz CT molecular complexity index is 1140. The first-order chi connectivity index (χ1) is 14.5. The van der Waals surface area contributed by atoms with Gasteiger partial charge in [-0.2, -0.15) is 10.2 Å². The van der Waals surface area contributed by atoms with Crippen molar-refractivity contribution in [3.63, 3.8) is 0 Å². The number of nitriles is 1. The molecule has 152 valence electrons. The molecule has 0 unspecified atom stereocenters. The van der Waals surface area contributed by atoms with Crippen LogP contribution in [0.2, 0.25) is 0 Å². The number of carboxylic acid groups (broad SMARTS) is 1. The van der Waals surface area contributed by atoms with E-state index in [-0.39, 0.29) is 11.7 Å². The van der Waals surface area contributed by atoms with Crippen LogP contribution in [0.1, 0.15) is 50.9 Å². The number of aryl methyl sites for hydroxylation is 1. The summed E-state index contributed by atoms with van der Waals surface area (Å²) in [5.41, 5.74) is 2.72. The number of nitrogens with one attached hydrogen (secondary N) is 1. The Morgan fingerprint density at radius 1 is 1.30 bits per heavy atom. The highest BCUT2D eigenvalue weighted by Gasteiger charge is 2.30. The SMILES string of the molecule is Cc1ccc([C@@H]2CCCN2c2nc(Nc3ncc(C#N)s3)c(C)c(C(=O)O)n2)cc1. The molecule has 30 heavy (non-hydrogen) atoms. The second-order valence-corrected chi connectivity index (χ2v) is 8.21. The molecule has 0 amide bonds.